The Morgan fingerprint density at radius 1 is 1.22 bits per heavy atom. The van der Waals surface area contributed by atoms with Gasteiger partial charge >= 0.3 is 12.1 Å². The standard InChI is InChI=1S/C17H27NO5/c1-15(2,3)23-14(21)18-7-5-11(6-8-18)12-17(13(19)20)9-16(4,10-17)22-12/h11-12H,5-10H2,1-4H3,(H,19,20). The lowest BCUT2D eigenvalue weighted by Gasteiger charge is -2.42. The van der Waals surface area contributed by atoms with Crippen molar-refractivity contribution in [3.8, 4) is 0 Å². The fourth-order valence-electron chi connectivity index (χ4n) is 4.52. The van der Waals surface area contributed by atoms with Crippen LogP contribution in [0.4, 0.5) is 4.79 Å². The van der Waals surface area contributed by atoms with Crippen LogP contribution >= 0.6 is 0 Å². The Morgan fingerprint density at radius 3 is 2.26 bits per heavy atom. The van der Waals surface area contributed by atoms with Crippen molar-refractivity contribution < 1.29 is 24.2 Å². The van der Waals surface area contributed by atoms with Gasteiger partial charge < -0.3 is 19.5 Å². The third kappa shape index (κ3) is 2.82. The van der Waals surface area contributed by atoms with E-state index in [-0.39, 0.29) is 23.7 Å². The van der Waals surface area contributed by atoms with E-state index >= 15 is 0 Å². The summed E-state index contributed by atoms with van der Waals surface area (Å²) in [5.74, 6) is -0.527. The molecular formula is C17H27NO5. The van der Waals surface area contributed by atoms with Gasteiger partial charge in [-0.2, -0.15) is 0 Å². The van der Waals surface area contributed by atoms with Crippen LogP contribution in [0.3, 0.4) is 0 Å². The Bertz CT molecular complexity index is 510. The van der Waals surface area contributed by atoms with Gasteiger partial charge in [-0.3, -0.25) is 4.79 Å². The van der Waals surface area contributed by atoms with Crippen molar-refractivity contribution in [2.75, 3.05) is 13.1 Å². The Hall–Kier alpha value is -1.30. The van der Waals surface area contributed by atoms with Crippen molar-refractivity contribution in [1.82, 2.24) is 4.90 Å². The van der Waals surface area contributed by atoms with Crippen molar-refractivity contribution in [3.05, 3.63) is 0 Å². The molecule has 0 aromatic carbocycles. The van der Waals surface area contributed by atoms with Gasteiger partial charge in [-0.15, -0.1) is 0 Å². The molecule has 2 bridgehead atoms. The maximum atomic E-state index is 12.1. The number of hydrogen-bond donors (Lipinski definition) is 1. The van der Waals surface area contributed by atoms with E-state index in [2.05, 4.69) is 0 Å². The highest BCUT2D eigenvalue weighted by molar-refractivity contribution is 5.78. The second kappa shape index (κ2) is 5.10. The van der Waals surface area contributed by atoms with E-state index in [4.69, 9.17) is 9.47 Å². The van der Waals surface area contributed by atoms with Crippen LogP contribution in [0.1, 0.15) is 53.4 Å². The molecule has 4 fully saturated rings. The van der Waals surface area contributed by atoms with Gasteiger partial charge in [0.1, 0.15) is 5.60 Å². The highest BCUT2D eigenvalue weighted by atomic mass is 16.6. The van der Waals surface area contributed by atoms with E-state index in [1.54, 1.807) is 4.90 Å². The zero-order chi connectivity index (χ0) is 17.0. The molecule has 1 aliphatic carbocycles. The Balaban J connectivity index is 1.60. The summed E-state index contributed by atoms with van der Waals surface area (Å²) < 4.78 is 11.5. The minimum absolute atomic E-state index is 0.203. The molecule has 6 heteroatoms. The lowest BCUT2D eigenvalue weighted by molar-refractivity contribution is -0.155. The molecule has 0 radical (unpaired) electrons. The van der Waals surface area contributed by atoms with E-state index < -0.39 is 17.0 Å². The molecule has 3 heterocycles. The van der Waals surface area contributed by atoms with Crippen molar-refractivity contribution in [1.29, 1.82) is 0 Å². The molecule has 130 valence electrons. The maximum absolute atomic E-state index is 12.1. The Kier molecular flexibility index (Phi) is 3.67. The highest BCUT2D eigenvalue weighted by Crippen LogP contribution is 2.63. The first kappa shape index (κ1) is 16.6. The number of carboxylic acids is 1. The van der Waals surface area contributed by atoms with Crippen molar-refractivity contribution in [3.63, 3.8) is 0 Å². The molecule has 0 aromatic rings. The lowest BCUT2D eigenvalue weighted by Crippen LogP contribution is -2.51. The van der Waals surface area contributed by atoms with E-state index in [1.165, 1.54) is 0 Å². The van der Waals surface area contributed by atoms with Gasteiger partial charge in [-0.05, 0) is 59.3 Å². The van der Waals surface area contributed by atoms with E-state index in [1.807, 2.05) is 27.7 Å². The molecule has 6 nitrogen and oxygen atoms in total. The van der Waals surface area contributed by atoms with Crippen LogP contribution in [0.5, 0.6) is 0 Å². The molecule has 0 aromatic heterocycles. The van der Waals surface area contributed by atoms with Gasteiger partial charge in [-0.1, -0.05) is 0 Å². The summed E-state index contributed by atoms with van der Waals surface area (Å²) in [4.78, 5) is 25.6. The zero-order valence-electron chi connectivity index (χ0n) is 14.4. The molecule has 3 saturated heterocycles. The number of carbonyl (C=O) groups is 2. The summed E-state index contributed by atoms with van der Waals surface area (Å²) in [7, 11) is 0. The zero-order valence-corrected chi connectivity index (χ0v) is 14.4. The van der Waals surface area contributed by atoms with Gasteiger partial charge in [0.2, 0.25) is 0 Å². The van der Waals surface area contributed by atoms with Gasteiger partial charge in [0.05, 0.1) is 17.1 Å². The van der Waals surface area contributed by atoms with Crippen LogP contribution in [0, 0.1) is 11.3 Å². The van der Waals surface area contributed by atoms with Crippen LogP contribution in [-0.4, -0.2) is 52.5 Å². The quantitative estimate of drug-likeness (QED) is 0.844. The molecule has 1 atom stereocenters. The van der Waals surface area contributed by atoms with E-state index in [0.717, 1.165) is 12.8 Å². The fraction of sp³-hybridized carbons (Fsp3) is 0.882. The monoisotopic (exact) mass is 325 g/mol. The number of piperidine rings is 1. The van der Waals surface area contributed by atoms with E-state index in [0.29, 0.717) is 25.9 Å². The van der Waals surface area contributed by atoms with Crippen LogP contribution < -0.4 is 0 Å². The van der Waals surface area contributed by atoms with Crippen LogP contribution in [-0.2, 0) is 14.3 Å². The van der Waals surface area contributed by atoms with Crippen LogP contribution in [0.2, 0.25) is 0 Å². The number of amides is 1. The lowest BCUT2D eigenvalue weighted by atomic mass is 9.58. The first-order valence-electron chi connectivity index (χ1n) is 8.44. The number of fused-ring (bicyclic) bond motifs is 1. The summed E-state index contributed by atoms with van der Waals surface area (Å²) in [5, 5.41) is 9.63. The summed E-state index contributed by atoms with van der Waals surface area (Å²) in [5.41, 5.74) is -1.45. The van der Waals surface area contributed by atoms with Crippen molar-refractivity contribution >= 4 is 12.1 Å². The largest absolute Gasteiger partial charge is 0.481 e. The van der Waals surface area contributed by atoms with E-state index in [9.17, 15) is 14.7 Å². The predicted octanol–water partition coefficient (Wildman–Crippen LogP) is 2.66. The average molecular weight is 325 g/mol. The summed E-state index contributed by atoms with van der Waals surface area (Å²) in [6, 6.07) is 0. The number of carboxylic acid groups (broad SMARTS) is 1. The molecule has 4 aliphatic rings. The first-order valence-corrected chi connectivity index (χ1v) is 8.44. The molecule has 1 N–H and O–H groups in total. The van der Waals surface area contributed by atoms with Gasteiger partial charge in [0.25, 0.3) is 0 Å². The number of nitrogens with zero attached hydrogens (tertiary/aromatic N) is 1. The SMILES string of the molecule is CC(C)(C)OC(=O)N1CCC(C2OC3(C)CC2(C(=O)O)C3)CC1. The maximum Gasteiger partial charge on any atom is 0.410 e. The Morgan fingerprint density at radius 2 is 1.78 bits per heavy atom. The second-order valence-electron chi connectivity index (χ2n) is 8.61. The van der Waals surface area contributed by atoms with Gasteiger partial charge in [0, 0.05) is 13.1 Å². The molecule has 0 spiro atoms. The molecular weight excluding hydrogens is 298 g/mol. The summed E-state index contributed by atoms with van der Waals surface area (Å²) in [6.07, 6.45) is 2.28. The normalized spacial score (nSPS) is 37.4. The molecule has 4 rings (SSSR count). The topological polar surface area (TPSA) is 76.1 Å². The number of ether oxygens (including phenoxy) is 2. The predicted molar refractivity (Wildman–Crippen MR) is 83.1 cm³/mol. The second-order valence-corrected chi connectivity index (χ2v) is 8.61. The fourth-order valence-corrected chi connectivity index (χ4v) is 4.52. The summed E-state index contributed by atoms with van der Waals surface area (Å²) >= 11 is 0. The van der Waals surface area contributed by atoms with Crippen molar-refractivity contribution in [2.45, 2.75) is 70.7 Å². The number of aliphatic carboxylic acids is 1. The highest BCUT2D eigenvalue weighted by Gasteiger charge is 2.71. The number of rotatable bonds is 2. The average Bonchev–Trinajstić information content (AvgIpc) is 2.86. The number of likely N-dealkylation sites (tertiary alicyclic amines) is 1. The van der Waals surface area contributed by atoms with Crippen LogP contribution in [0.25, 0.3) is 0 Å². The van der Waals surface area contributed by atoms with Crippen LogP contribution in [0.15, 0.2) is 0 Å². The third-order valence-corrected chi connectivity index (χ3v) is 5.38. The minimum Gasteiger partial charge on any atom is -0.481 e. The summed E-state index contributed by atoms with van der Waals surface area (Å²) in [6.45, 7) is 8.78. The molecule has 3 aliphatic heterocycles. The Labute approximate surface area is 137 Å². The number of hydrogen-bond acceptors (Lipinski definition) is 4. The van der Waals surface area contributed by atoms with Gasteiger partial charge in [-0.25, -0.2) is 4.79 Å². The third-order valence-electron chi connectivity index (χ3n) is 5.38. The first-order chi connectivity index (χ1) is 10.5. The van der Waals surface area contributed by atoms with Crippen molar-refractivity contribution in [2.24, 2.45) is 11.3 Å². The molecule has 1 unspecified atom stereocenters. The van der Waals surface area contributed by atoms with Gasteiger partial charge in [0.15, 0.2) is 0 Å². The minimum atomic E-state index is -0.730. The molecule has 1 amide bonds. The molecule has 23 heavy (non-hydrogen) atoms. The number of carbonyl (C=O) groups excluding carboxylic acids is 1. The molecule has 1 saturated carbocycles. The smallest absolute Gasteiger partial charge is 0.410 e.